The lowest BCUT2D eigenvalue weighted by Crippen LogP contribution is -2.23. The molecule has 1 saturated carbocycles. The zero-order chi connectivity index (χ0) is 13.0. The van der Waals surface area contributed by atoms with Crippen molar-refractivity contribution >= 4 is 11.9 Å². The lowest BCUT2D eigenvalue weighted by molar-refractivity contribution is 0.138. The number of aromatic nitrogens is 3. The molecule has 2 rings (SSSR count). The van der Waals surface area contributed by atoms with Crippen LogP contribution in [0.4, 0.5) is 11.9 Å². The summed E-state index contributed by atoms with van der Waals surface area (Å²) in [6.07, 6.45) is 2.73. The Hall–Kier alpha value is -1.63. The van der Waals surface area contributed by atoms with Crippen LogP contribution in [0.1, 0.15) is 26.2 Å². The highest BCUT2D eigenvalue weighted by Gasteiger charge is 2.25. The second-order valence-corrected chi connectivity index (χ2v) is 4.37. The molecule has 0 bridgehead atoms. The fourth-order valence-corrected chi connectivity index (χ4v) is 2.12. The first-order chi connectivity index (χ1) is 8.69. The number of rotatable bonds is 5. The minimum absolute atomic E-state index is 0.128. The van der Waals surface area contributed by atoms with E-state index in [1.54, 1.807) is 0 Å². The van der Waals surface area contributed by atoms with Crippen molar-refractivity contribution in [3.8, 4) is 6.01 Å². The number of nitrogens with two attached hydrogens (primary N) is 1. The van der Waals surface area contributed by atoms with Crippen molar-refractivity contribution in [1.82, 2.24) is 15.0 Å². The van der Waals surface area contributed by atoms with Crippen LogP contribution in [0.25, 0.3) is 0 Å². The van der Waals surface area contributed by atoms with Gasteiger partial charge in [-0.05, 0) is 19.8 Å². The molecule has 7 heteroatoms. The number of nitrogens with zero attached hydrogens (tertiary/aromatic N) is 3. The summed E-state index contributed by atoms with van der Waals surface area (Å²) in [7, 11) is 0. The molecule has 2 unspecified atom stereocenters. The molecule has 2 atom stereocenters. The van der Waals surface area contributed by atoms with Gasteiger partial charge in [0.2, 0.25) is 11.9 Å². The van der Waals surface area contributed by atoms with Gasteiger partial charge in [0.25, 0.3) is 0 Å². The molecule has 4 N–H and O–H groups in total. The maximum atomic E-state index is 9.72. The Morgan fingerprint density at radius 2 is 2.22 bits per heavy atom. The number of nitrogen functional groups attached to an aromatic ring is 1. The van der Waals surface area contributed by atoms with Crippen molar-refractivity contribution in [2.45, 2.75) is 32.3 Å². The second-order valence-electron chi connectivity index (χ2n) is 4.37. The summed E-state index contributed by atoms with van der Waals surface area (Å²) in [6, 6.07) is 0.222. The smallest absolute Gasteiger partial charge is 0.323 e. The molecule has 100 valence electrons. The van der Waals surface area contributed by atoms with Gasteiger partial charge in [0, 0.05) is 12.5 Å². The lowest BCUT2D eigenvalue weighted by atomic mass is 10.1. The van der Waals surface area contributed by atoms with Gasteiger partial charge in [-0.1, -0.05) is 6.42 Å². The molecular formula is C11H19N5O2. The van der Waals surface area contributed by atoms with E-state index >= 15 is 0 Å². The molecule has 1 aliphatic carbocycles. The molecule has 1 aliphatic rings. The predicted octanol–water partition coefficient (Wildman–Crippen LogP) is 0.425. The molecule has 0 aliphatic heterocycles. The van der Waals surface area contributed by atoms with E-state index in [-0.39, 0.29) is 24.0 Å². The zero-order valence-corrected chi connectivity index (χ0v) is 10.5. The average molecular weight is 253 g/mol. The number of aliphatic hydroxyl groups is 1. The Kier molecular flexibility index (Phi) is 4.14. The highest BCUT2D eigenvalue weighted by molar-refractivity contribution is 5.32. The van der Waals surface area contributed by atoms with Gasteiger partial charge in [0.15, 0.2) is 0 Å². The van der Waals surface area contributed by atoms with Crippen molar-refractivity contribution < 1.29 is 9.84 Å². The van der Waals surface area contributed by atoms with Crippen LogP contribution in [0, 0.1) is 5.92 Å². The standard InChI is InChI=1S/C11H19N5O2/c1-2-18-11-15-9(12)14-10(16-11)13-6-7-4-3-5-8(7)17/h7-8,17H,2-6H2,1H3,(H3,12,13,14,15,16). The van der Waals surface area contributed by atoms with E-state index in [1.807, 2.05) is 6.92 Å². The van der Waals surface area contributed by atoms with Crippen LogP contribution in [0.15, 0.2) is 0 Å². The summed E-state index contributed by atoms with van der Waals surface area (Å²) in [5.74, 6) is 0.770. The van der Waals surface area contributed by atoms with E-state index in [9.17, 15) is 5.11 Å². The van der Waals surface area contributed by atoms with E-state index in [0.29, 0.717) is 19.1 Å². The highest BCUT2D eigenvalue weighted by atomic mass is 16.5. The van der Waals surface area contributed by atoms with Crippen molar-refractivity contribution in [2.75, 3.05) is 24.2 Å². The van der Waals surface area contributed by atoms with Crippen molar-refractivity contribution in [1.29, 1.82) is 0 Å². The zero-order valence-electron chi connectivity index (χ0n) is 10.5. The van der Waals surface area contributed by atoms with Gasteiger partial charge >= 0.3 is 6.01 Å². The first kappa shape index (κ1) is 12.8. The minimum atomic E-state index is -0.233. The second kappa shape index (κ2) is 5.81. The number of hydrogen-bond donors (Lipinski definition) is 3. The summed E-state index contributed by atoms with van der Waals surface area (Å²) < 4.78 is 5.19. The molecule has 1 aromatic rings. The van der Waals surface area contributed by atoms with Crippen LogP contribution in [0.5, 0.6) is 6.01 Å². The number of nitrogens with one attached hydrogen (secondary N) is 1. The molecule has 0 saturated heterocycles. The highest BCUT2D eigenvalue weighted by Crippen LogP contribution is 2.25. The van der Waals surface area contributed by atoms with Crippen LogP contribution in [0.3, 0.4) is 0 Å². The third-order valence-corrected chi connectivity index (χ3v) is 3.05. The number of aliphatic hydroxyl groups excluding tert-OH is 1. The molecule has 0 radical (unpaired) electrons. The Bertz CT molecular complexity index is 401. The van der Waals surface area contributed by atoms with Gasteiger partial charge in [-0.3, -0.25) is 0 Å². The Labute approximate surface area is 106 Å². The van der Waals surface area contributed by atoms with E-state index in [0.717, 1.165) is 19.3 Å². The minimum Gasteiger partial charge on any atom is -0.464 e. The monoisotopic (exact) mass is 253 g/mol. The number of hydrogen-bond acceptors (Lipinski definition) is 7. The molecule has 1 fully saturated rings. The Morgan fingerprint density at radius 3 is 2.89 bits per heavy atom. The van der Waals surface area contributed by atoms with Crippen LogP contribution in [-0.2, 0) is 0 Å². The van der Waals surface area contributed by atoms with Crippen molar-refractivity contribution in [2.24, 2.45) is 5.92 Å². The summed E-state index contributed by atoms with van der Waals surface area (Å²) in [6.45, 7) is 2.96. The number of ether oxygens (including phenoxy) is 1. The molecule has 0 spiro atoms. The molecule has 0 aromatic carbocycles. The summed E-state index contributed by atoms with van der Waals surface area (Å²) >= 11 is 0. The molecule has 18 heavy (non-hydrogen) atoms. The van der Waals surface area contributed by atoms with Crippen LogP contribution in [0.2, 0.25) is 0 Å². The summed E-state index contributed by atoms with van der Waals surface area (Å²) in [5, 5.41) is 12.8. The number of anilines is 2. The normalized spacial score (nSPS) is 23.0. The third-order valence-electron chi connectivity index (χ3n) is 3.05. The third kappa shape index (κ3) is 3.19. The van der Waals surface area contributed by atoms with Crippen LogP contribution in [-0.4, -0.2) is 39.3 Å². The van der Waals surface area contributed by atoms with Gasteiger partial charge in [-0.25, -0.2) is 0 Å². The van der Waals surface area contributed by atoms with Crippen molar-refractivity contribution in [3.05, 3.63) is 0 Å². The van der Waals surface area contributed by atoms with Gasteiger partial charge in [0.05, 0.1) is 12.7 Å². The van der Waals surface area contributed by atoms with Crippen LogP contribution < -0.4 is 15.8 Å². The topological polar surface area (TPSA) is 106 Å². The first-order valence-electron chi connectivity index (χ1n) is 6.25. The van der Waals surface area contributed by atoms with E-state index < -0.39 is 0 Å². The summed E-state index contributed by atoms with van der Waals surface area (Å²) in [4.78, 5) is 11.9. The molecular weight excluding hydrogens is 234 g/mol. The van der Waals surface area contributed by atoms with Gasteiger partial charge < -0.3 is 20.9 Å². The van der Waals surface area contributed by atoms with E-state index in [1.165, 1.54) is 0 Å². The fraction of sp³-hybridized carbons (Fsp3) is 0.727. The largest absolute Gasteiger partial charge is 0.464 e. The summed E-state index contributed by atoms with van der Waals surface area (Å²) in [5.41, 5.74) is 5.57. The van der Waals surface area contributed by atoms with Crippen molar-refractivity contribution in [3.63, 3.8) is 0 Å². The van der Waals surface area contributed by atoms with Gasteiger partial charge in [-0.2, -0.15) is 15.0 Å². The van der Waals surface area contributed by atoms with E-state index in [2.05, 4.69) is 20.3 Å². The van der Waals surface area contributed by atoms with Gasteiger partial charge in [-0.15, -0.1) is 0 Å². The quantitative estimate of drug-likeness (QED) is 0.698. The predicted molar refractivity (Wildman–Crippen MR) is 67.2 cm³/mol. The first-order valence-corrected chi connectivity index (χ1v) is 6.25. The molecule has 0 amide bonds. The fourth-order valence-electron chi connectivity index (χ4n) is 2.12. The molecule has 7 nitrogen and oxygen atoms in total. The van der Waals surface area contributed by atoms with E-state index in [4.69, 9.17) is 10.5 Å². The lowest BCUT2D eigenvalue weighted by Gasteiger charge is -2.15. The molecule has 1 heterocycles. The Morgan fingerprint density at radius 1 is 1.39 bits per heavy atom. The maximum Gasteiger partial charge on any atom is 0.323 e. The maximum absolute atomic E-state index is 9.72. The average Bonchev–Trinajstić information content (AvgIpc) is 2.72. The molecule has 1 aromatic heterocycles. The Balaban J connectivity index is 1.95. The van der Waals surface area contributed by atoms with Crippen LogP contribution >= 0.6 is 0 Å². The SMILES string of the molecule is CCOc1nc(N)nc(NCC2CCCC2O)n1. The van der Waals surface area contributed by atoms with Gasteiger partial charge in [0.1, 0.15) is 0 Å².